The number of rotatable bonds is 5. The molecule has 31 heavy (non-hydrogen) atoms. The van der Waals surface area contributed by atoms with Crippen molar-refractivity contribution in [2.75, 3.05) is 7.11 Å². The Morgan fingerprint density at radius 2 is 1.84 bits per heavy atom. The monoisotopic (exact) mass is 431 g/mol. The molecule has 0 atom stereocenters. The number of ether oxygens (including phenoxy) is 1. The lowest BCUT2D eigenvalue weighted by Crippen LogP contribution is -2.21. The summed E-state index contributed by atoms with van der Waals surface area (Å²) in [6.45, 7) is 0.275. The maximum atomic E-state index is 12.8. The van der Waals surface area contributed by atoms with E-state index in [9.17, 15) is 9.59 Å². The van der Waals surface area contributed by atoms with Crippen LogP contribution in [0.3, 0.4) is 0 Å². The highest BCUT2D eigenvalue weighted by Crippen LogP contribution is 2.16. The van der Waals surface area contributed by atoms with E-state index in [0.717, 1.165) is 16.9 Å². The van der Waals surface area contributed by atoms with Gasteiger partial charge in [-0.15, -0.1) is 0 Å². The maximum Gasteiger partial charge on any atom is 0.335 e. The molecular formula is C23H17N3O4S. The van der Waals surface area contributed by atoms with E-state index in [4.69, 9.17) is 9.84 Å². The van der Waals surface area contributed by atoms with Gasteiger partial charge in [0.15, 0.2) is 15.4 Å². The van der Waals surface area contributed by atoms with Gasteiger partial charge < -0.3 is 9.84 Å². The summed E-state index contributed by atoms with van der Waals surface area (Å²) in [5, 5.41) is 9.53. The molecule has 8 heteroatoms. The van der Waals surface area contributed by atoms with Gasteiger partial charge in [0.1, 0.15) is 5.75 Å². The number of benzene rings is 2. The molecule has 4 rings (SSSR count). The Labute approximate surface area is 181 Å². The van der Waals surface area contributed by atoms with Crippen LogP contribution in [0.1, 0.15) is 26.5 Å². The van der Waals surface area contributed by atoms with Gasteiger partial charge in [-0.1, -0.05) is 41.5 Å². The molecule has 0 saturated carbocycles. The zero-order valence-electron chi connectivity index (χ0n) is 16.5. The first kappa shape index (κ1) is 20.3. The van der Waals surface area contributed by atoms with E-state index in [2.05, 4.69) is 21.8 Å². The van der Waals surface area contributed by atoms with Crippen LogP contribution in [-0.2, 0) is 13.0 Å². The predicted octanol–water partition coefficient (Wildman–Crippen LogP) is 3.20. The van der Waals surface area contributed by atoms with Crippen molar-refractivity contribution in [2.45, 2.75) is 13.0 Å². The quantitative estimate of drug-likeness (QED) is 0.488. The minimum Gasteiger partial charge on any atom is -0.497 e. The molecule has 2 aromatic carbocycles. The Balaban J connectivity index is 1.52. The highest BCUT2D eigenvalue weighted by molar-refractivity contribution is 7.18. The molecule has 0 spiro atoms. The lowest BCUT2D eigenvalue weighted by atomic mass is 10.1. The average molecular weight is 431 g/mol. The predicted molar refractivity (Wildman–Crippen MR) is 118 cm³/mol. The van der Waals surface area contributed by atoms with E-state index < -0.39 is 5.97 Å². The van der Waals surface area contributed by atoms with Gasteiger partial charge in [-0.25, -0.2) is 14.8 Å². The average Bonchev–Trinajstić information content (AvgIpc) is 3.20. The van der Waals surface area contributed by atoms with Crippen LogP contribution in [0.15, 0.2) is 59.7 Å². The standard InChI is InChI=1S/C23H17N3O4S/c1-30-18-11-7-15(8-12-18)3-2-4-19-25-20-21(31-19)24-14-26(22(20)27)13-16-5-9-17(10-6-16)23(28)29/h5-12,14H,3,13H2,1H3,(H,28,29). The lowest BCUT2D eigenvalue weighted by Gasteiger charge is -2.05. The molecule has 0 saturated heterocycles. The van der Waals surface area contributed by atoms with Gasteiger partial charge in [-0.3, -0.25) is 9.36 Å². The number of nitrogens with zero attached hydrogens (tertiary/aromatic N) is 3. The Hall–Kier alpha value is -3.96. The van der Waals surface area contributed by atoms with Crippen LogP contribution >= 0.6 is 11.3 Å². The van der Waals surface area contributed by atoms with Crippen LogP contribution in [0, 0.1) is 11.8 Å². The zero-order valence-corrected chi connectivity index (χ0v) is 17.3. The highest BCUT2D eigenvalue weighted by atomic mass is 32.1. The fourth-order valence-electron chi connectivity index (χ4n) is 2.93. The summed E-state index contributed by atoms with van der Waals surface area (Å²) in [6, 6.07) is 14.0. The molecular weight excluding hydrogens is 414 g/mol. The molecule has 4 aromatic rings. The number of fused-ring (bicyclic) bond motifs is 1. The zero-order chi connectivity index (χ0) is 21.8. The van der Waals surface area contributed by atoms with Gasteiger partial charge in [-0.05, 0) is 41.3 Å². The molecule has 2 aromatic heterocycles. The third kappa shape index (κ3) is 4.63. The van der Waals surface area contributed by atoms with Gasteiger partial charge >= 0.3 is 5.97 Å². The number of carbonyl (C=O) groups is 1. The normalized spacial score (nSPS) is 10.5. The van der Waals surface area contributed by atoms with Crippen LogP contribution in [0.2, 0.25) is 0 Å². The smallest absolute Gasteiger partial charge is 0.335 e. The summed E-state index contributed by atoms with van der Waals surface area (Å²) in [5.74, 6) is 5.89. The van der Waals surface area contributed by atoms with Crippen LogP contribution in [-0.4, -0.2) is 32.7 Å². The minimum absolute atomic E-state index is 0.196. The van der Waals surface area contributed by atoms with Crippen LogP contribution in [0.25, 0.3) is 10.3 Å². The van der Waals surface area contributed by atoms with Gasteiger partial charge in [-0.2, -0.15) is 0 Å². The maximum absolute atomic E-state index is 12.8. The van der Waals surface area contributed by atoms with Gasteiger partial charge in [0.05, 0.1) is 25.5 Å². The van der Waals surface area contributed by atoms with Crippen molar-refractivity contribution >= 4 is 27.7 Å². The summed E-state index contributed by atoms with van der Waals surface area (Å²) in [6.07, 6.45) is 2.03. The van der Waals surface area contributed by atoms with E-state index >= 15 is 0 Å². The molecule has 0 bridgehead atoms. The third-order valence-corrected chi connectivity index (χ3v) is 5.47. The van der Waals surface area contributed by atoms with Crippen molar-refractivity contribution in [2.24, 2.45) is 0 Å². The number of carboxylic acids is 1. The van der Waals surface area contributed by atoms with Crippen molar-refractivity contribution in [3.05, 3.63) is 86.9 Å². The van der Waals surface area contributed by atoms with Crippen molar-refractivity contribution in [1.29, 1.82) is 0 Å². The Morgan fingerprint density at radius 3 is 2.52 bits per heavy atom. The van der Waals surface area contributed by atoms with Crippen molar-refractivity contribution in [1.82, 2.24) is 14.5 Å². The largest absolute Gasteiger partial charge is 0.497 e. The summed E-state index contributed by atoms with van der Waals surface area (Å²) in [4.78, 5) is 33.0. The molecule has 0 aliphatic heterocycles. The minimum atomic E-state index is -0.991. The van der Waals surface area contributed by atoms with Gasteiger partial charge in [0, 0.05) is 6.42 Å². The Kier molecular flexibility index (Phi) is 5.78. The fourth-order valence-corrected chi connectivity index (χ4v) is 3.70. The Bertz CT molecular complexity index is 1360. The third-order valence-electron chi connectivity index (χ3n) is 4.59. The number of hydrogen-bond donors (Lipinski definition) is 1. The molecule has 0 amide bonds. The molecule has 7 nitrogen and oxygen atoms in total. The number of hydrogen-bond acceptors (Lipinski definition) is 6. The summed E-state index contributed by atoms with van der Waals surface area (Å²) >= 11 is 1.28. The second-order valence-electron chi connectivity index (χ2n) is 6.68. The molecule has 154 valence electrons. The van der Waals surface area contributed by atoms with E-state index in [1.807, 2.05) is 24.3 Å². The second kappa shape index (κ2) is 8.81. The van der Waals surface area contributed by atoms with Crippen molar-refractivity contribution < 1.29 is 14.6 Å². The number of aromatic nitrogens is 3. The number of thiazole rings is 1. The van der Waals surface area contributed by atoms with Crippen molar-refractivity contribution in [3.8, 4) is 17.6 Å². The van der Waals surface area contributed by atoms with Crippen molar-refractivity contribution in [3.63, 3.8) is 0 Å². The molecule has 0 radical (unpaired) electrons. The number of aromatic carboxylic acids is 1. The summed E-state index contributed by atoms with van der Waals surface area (Å²) in [7, 11) is 1.62. The van der Waals surface area contributed by atoms with E-state index in [0.29, 0.717) is 16.3 Å². The SMILES string of the molecule is COc1ccc(CC#Cc2nc3c(=O)n(Cc4ccc(C(=O)O)cc4)cnc3s2)cc1. The van der Waals surface area contributed by atoms with E-state index in [1.165, 1.54) is 34.4 Å². The second-order valence-corrected chi connectivity index (χ2v) is 7.66. The molecule has 0 fully saturated rings. The molecule has 0 aliphatic rings. The molecule has 2 heterocycles. The lowest BCUT2D eigenvalue weighted by molar-refractivity contribution is 0.0697. The van der Waals surface area contributed by atoms with Gasteiger partial charge in [0.25, 0.3) is 5.56 Å². The van der Waals surface area contributed by atoms with E-state index in [1.54, 1.807) is 19.2 Å². The first-order valence-corrected chi connectivity index (χ1v) is 10.1. The summed E-state index contributed by atoms with van der Waals surface area (Å²) < 4.78 is 6.59. The van der Waals surface area contributed by atoms with Crippen LogP contribution < -0.4 is 10.3 Å². The van der Waals surface area contributed by atoms with Crippen LogP contribution in [0.5, 0.6) is 5.75 Å². The number of methoxy groups -OCH3 is 1. The molecule has 0 aliphatic carbocycles. The first-order valence-electron chi connectivity index (χ1n) is 9.33. The fraction of sp³-hybridized carbons (Fsp3) is 0.130. The molecule has 1 N–H and O–H groups in total. The Morgan fingerprint density at radius 1 is 1.13 bits per heavy atom. The van der Waals surface area contributed by atoms with Gasteiger partial charge in [0.2, 0.25) is 0 Å². The summed E-state index contributed by atoms with van der Waals surface area (Å²) in [5.41, 5.74) is 2.07. The van der Waals surface area contributed by atoms with Crippen LogP contribution in [0.4, 0.5) is 0 Å². The van der Waals surface area contributed by atoms with E-state index in [-0.39, 0.29) is 23.2 Å². The number of carboxylic acid groups (broad SMARTS) is 1. The highest BCUT2D eigenvalue weighted by Gasteiger charge is 2.10. The molecule has 0 unspecified atom stereocenters. The topological polar surface area (TPSA) is 94.3 Å². The first-order chi connectivity index (χ1) is 15.0.